The first-order valence-electron chi connectivity index (χ1n) is 10.2. The normalized spacial score (nSPS) is 24.8. The zero-order valence-electron chi connectivity index (χ0n) is 17.4. The van der Waals surface area contributed by atoms with E-state index in [4.69, 9.17) is 10.6 Å². The summed E-state index contributed by atoms with van der Waals surface area (Å²) in [6, 6.07) is 0.100. The number of aromatic nitrogens is 3. The smallest absolute Gasteiger partial charge is 0.410 e. The third kappa shape index (κ3) is 5.04. The molecule has 0 atom stereocenters. The molecule has 1 aliphatic heterocycles. The van der Waals surface area contributed by atoms with Crippen molar-refractivity contribution in [2.24, 2.45) is 11.8 Å². The van der Waals surface area contributed by atoms with Crippen molar-refractivity contribution in [3.63, 3.8) is 0 Å². The quantitative estimate of drug-likeness (QED) is 0.448. The van der Waals surface area contributed by atoms with Crippen molar-refractivity contribution in [1.29, 1.82) is 0 Å². The Hall–Kier alpha value is -2.23. The number of rotatable bonds is 3. The van der Waals surface area contributed by atoms with E-state index in [9.17, 15) is 9.59 Å². The van der Waals surface area contributed by atoms with E-state index >= 15 is 4.39 Å². The molecule has 1 aromatic rings. The molecule has 2 amide bonds. The van der Waals surface area contributed by atoms with Gasteiger partial charge in [-0.15, -0.1) is 5.10 Å². The maximum atomic E-state index is 15.5. The Bertz CT molecular complexity index is 731. The Kier molecular flexibility index (Phi) is 6.11. The molecule has 162 valence electrons. The molecule has 0 spiro atoms. The van der Waals surface area contributed by atoms with Crippen LogP contribution in [0.4, 0.5) is 9.18 Å². The van der Waals surface area contributed by atoms with Crippen LogP contribution < -0.4 is 11.3 Å². The zero-order valence-corrected chi connectivity index (χ0v) is 17.4. The predicted octanol–water partition coefficient (Wildman–Crippen LogP) is 2.19. The molecule has 0 radical (unpaired) electrons. The fraction of sp³-hybridized carbons (Fsp3) is 0.789. The van der Waals surface area contributed by atoms with Gasteiger partial charge < -0.3 is 9.64 Å². The minimum absolute atomic E-state index is 0.0797. The molecule has 1 saturated carbocycles. The highest BCUT2D eigenvalue weighted by molar-refractivity contribution is 5.78. The average Bonchev–Trinajstić information content (AvgIpc) is 3.18. The summed E-state index contributed by atoms with van der Waals surface area (Å²) in [5, 5.41) is 8.24. The predicted molar refractivity (Wildman–Crippen MR) is 103 cm³/mol. The molecule has 3 rings (SSSR count). The number of likely N-dealkylation sites (tertiary alicyclic amines) is 1. The second-order valence-corrected chi connectivity index (χ2v) is 9.03. The van der Waals surface area contributed by atoms with Gasteiger partial charge in [0.15, 0.2) is 5.67 Å². The highest BCUT2D eigenvalue weighted by Crippen LogP contribution is 2.38. The van der Waals surface area contributed by atoms with Crippen LogP contribution in [-0.2, 0) is 15.2 Å². The van der Waals surface area contributed by atoms with Crippen molar-refractivity contribution in [3.05, 3.63) is 11.9 Å². The van der Waals surface area contributed by atoms with Crippen LogP contribution in [-0.4, -0.2) is 50.6 Å². The van der Waals surface area contributed by atoms with Crippen molar-refractivity contribution < 1.29 is 18.7 Å². The molecule has 1 aliphatic carbocycles. The Labute approximate surface area is 170 Å². The number of hydrogen-bond acceptors (Lipinski definition) is 6. The first-order chi connectivity index (χ1) is 13.6. The molecule has 1 aromatic heterocycles. The molecule has 0 bridgehead atoms. The Morgan fingerprint density at radius 2 is 1.86 bits per heavy atom. The van der Waals surface area contributed by atoms with Gasteiger partial charge in [0.25, 0.3) is 0 Å². The topological polar surface area (TPSA) is 115 Å². The lowest BCUT2D eigenvalue weighted by atomic mass is 9.85. The molecule has 10 heteroatoms. The molecule has 0 aromatic carbocycles. The molecular formula is C19H31FN6O3. The number of nitrogens with zero attached hydrogens (tertiary/aromatic N) is 4. The van der Waals surface area contributed by atoms with Gasteiger partial charge in [0.2, 0.25) is 5.91 Å². The monoisotopic (exact) mass is 410 g/mol. The first-order valence-corrected chi connectivity index (χ1v) is 10.2. The molecule has 9 nitrogen and oxygen atoms in total. The minimum Gasteiger partial charge on any atom is -0.444 e. The Morgan fingerprint density at radius 1 is 1.24 bits per heavy atom. The minimum atomic E-state index is -1.60. The standard InChI is InChI=1S/C19H31FN6O3/c1-18(2,3)29-17(28)25-10-8-19(20,9-11-25)15-12-26(24-23-15)14-6-4-13(5-7-14)16(27)22-21/h12-14H,4-11,21H2,1-3H3,(H,22,27)/t13-,14-. The van der Waals surface area contributed by atoms with Gasteiger partial charge in [-0.25, -0.2) is 19.7 Å². The lowest BCUT2D eigenvalue weighted by molar-refractivity contribution is -0.126. The van der Waals surface area contributed by atoms with Crippen LogP contribution in [0.25, 0.3) is 0 Å². The number of halogens is 1. The number of carbonyl (C=O) groups is 2. The largest absolute Gasteiger partial charge is 0.444 e. The van der Waals surface area contributed by atoms with E-state index in [1.807, 2.05) is 20.8 Å². The van der Waals surface area contributed by atoms with Gasteiger partial charge in [0.05, 0.1) is 12.2 Å². The van der Waals surface area contributed by atoms with Crippen molar-refractivity contribution in [3.8, 4) is 0 Å². The second-order valence-electron chi connectivity index (χ2n) is 9.03. The number of hydrazine groups is 1. The van der Waals surface area contributed by atoms with E-state index in [-0.39, 0.29) is 43.8 Å². The van der Waals surface area contributed by atoms with Crippen molar-refractivity contribution >= 4 is 12.0 Å². The van der Waals surface area contributed by atoms with Crippen molar-refractivity contribution in [2.75, 3.05) is 13.1 Å². The summed E-state index contributed by atoms with van der Waals surface area (Å²) in [7, 11) is 0. The summed E-state index contributed by atoms with van der Waals surface area (Å²) in [5.74, 6) is 4.99. The van der Waals surface area contributed by atoms with Crippen LogP contribution in [0.2, 0.25) is 0 Å². The highest BCUT2D eigenvalue weighted by atomic mass is 19.1. The molecular weight excluding hydrogens is 379 g/mol. The van der Waals surface area contributed by atoms with E-state index < -0.39 is 17.4 Å². The average molecular weight is 410 g/mol. The summed E-state index contributed by atoms with van der Waals surface area (Å²) >= 11 is 0. The number of nitrogens with two attached hydrogens (primary N) is 1. The molecule has 1 saturated heterocycles. The number of amides is 2. The van der Waals surface area contributed by atoms with Gasteiger partial charge in [-0.2, -0.15) is 0 Å². The lowest BCUT2D eigenvalue weighted by Gasteiger charge is -2.36. The Morgan fingerprint density at radius 3 is 2.41 bits per heavy atom. The fourth-order valence-electron chi connectivity index (χ4n) is 4.01. The van der Waals surface area contributed by atoms with Gasteiger partial charge in [0, 0.05) is 31.8 Å². The molecule has 2 fully saturated rings. The van der Waals surface area contributed by atoms with Crippen LogP contribution in [0.5, 0.6) is 0 Å². The summed E-state index contributed by atoms with van der Waals surface area (Å²) in [6.07, 6.45) is 4.56. The van der Waals surface area contributed by atoms with E-state index in [0.717, 1.165) is 12.8 Å². The SMILES string of the molecule is CC(C)(C)OC(=O)N1CCC(F)(c2cn([C@H]3CC[C@H](C(=O)NN)CC3)nn2)CC1. The van der Waals surface area contributed by atoms with E-state index in [1.165, 1.54) is 4.90 Å². The number of nitrogens with one attached hydrogen (secondary N) is 1. The van der Waals surface area contributed by atoms with E-state index in [0.29, 0.717) is 18.5 Å². The number of alkyl halides is 1. The first kappa shape index (κ1) is 21.5. The van der Waals surface area contributed by atoms with E-state index in [1.54, 1.807) is 10.9 Å². The third-order valence-electron chi connectivity index (χ3n) is 5.76. The molecule has 3 N–H and O–H groups in total. The number of piperidine rings is 1. The second kappa shape index (κ2) is 8.25. The van der Waals surface area contributed by atoms with Crippen molar-refractivity contribution in [1.82, 2.24) is 25.3 Å². The maximum Gasteiger partial charge on any atom is 0.410 e. The van der Waals surface area contributed by atoms with Crippen LogP contribution in [0.3, 0.4) is 0 Å². The molecule has 2 aliphatic rings. The number of hydrogen-bond donors (Lipinski definition) is 2. The summed E-state index contributed by atoms with van der Waals surface area (Å²) in [5.41, 5.74) is 0.334. The van der Waals surface area contributed by atoms with Crippen LogP contribution >= 0.6 is 0 Å². The molecule has 29 heavy (non-hydrogen) atoms. The summed E-state index contributed by atoms with van der Waals surface area (Å²) in [4.78, 5) is 25.4. The van der Waals surface area contributed by atoms with Gasteiger partial charge >= 0.3 is 6.09 Å². The molecule has 2 heterocycles. The summed E-state index contributed by atoms with van der Waals surface area (Å²) in [6.45, 7) is 5.97. The van der Waals surface area contributed by atoms with Gasteiger partial charge in [-0.1, -0.05) is 5.21 Å². The highest BCUT2D eigenvalue weighted by Gasteiger charge is 2.41. The molecule has 0 unspecified atom stereocenters. The van der Waals surface area contributed by atoms with Crippen LogP contribution in [0.15, 0.2) is 6.20 Å². The van der Waals surface area contributed by atoms with E-state index in [2.05, 4.69) is 15.7 Å². The maximum absolute atomic E-state index is 15.5. The van der Waals surface area contributed by atoms with Crippen molar-refractivity contribution in [2.45, 2.75) is 76.6 Å². The summed E-state index contributed by atoms with van der Waals surface area (Å²) < 4.78 is 22.6. The number of carbonyl (C=O) groups excluding carboxylic acids is 2. The number of ether oxygens (including phenoxy) is 1. The Balaban J connectivity index is 1.57. The fourth-order valence-corrected chi connectivity index (χ4v) is 4.01. The van der Waals surface area contributed by atoms with Gasteiger partial charge in [-0.3, -0.25) is 10.2 Å². The van der Waals surface area contributed by atoms with Gasteiger partial charge in [0.1, 0.15) is 11.3 Å². The third-order valence-corrected chi connectivity index (χ3v) is 5.76. The lowest BCUT2D eigenvalue weighted by Crippen LogP contribution is -2.45. The van der Waals surface area contributed by atoms with Gasteiger partial charge in [-0.05, 0) is 46.5 Å². The van der Waals surface area contributed by atoms with Crippen LogP contribution in [0, 0.1) is 5.92 Å². The zero-order chi connectivity index (χ0) is 21.2. The van der Waals surface area contributed by atoms with Crippen LogP contribution in [0.1, 0.15) is 71.0 Å².